The van der Waals surface area contributed by atoms with Gasteiger partial charge >= 0.3 is 0 Å². The molecule has 1 N–H and O–H groups in total. The summed E-state index contributed by atoms with van der Waals surface area (Å²) in [6.07, 6.45) is 3.56. The lowest BCUT2D eigenvalue weighted by atomic mass is 10.2. The van der Waals surface area contributed by atoms with Gasteiger partial charge in [-0.15, -0.1) is 0 Å². The average molecular weight is 380 g/mol. The first-order valence-electron chi connectivity index (χ1n) is 8.51. The van der Waals surface area contributed by atoms with E-state index < -0.39 is 15.9 Å². The van der Waals surface area contributed by atoms with Gasteiger partial charge in [-0.1, -0.05) is 13.3 Å². The molecule has 0 aliphatic carbocycles. The molecule has 0 atom stereocenters. The van der Waals surface area contributed by atoms with Crippen LogP contribution in [-0.2, 0) is 21.2 Å². The first-order chi connectivity index (χ1) is 12.4. The molecule has 0 saturated carbocycles. The monoisotopic (exact) mass is 380 g/mol. The Kier molecular flexibility index (Phi) is 5.38. The van der Waals surface area contributed by atoms with Crippen molar-refractivity contribution in [2.45, 2.75) is 26.2 Å². The number of carbonyl (C=O) groups excluding carboxylic acids is 1. The summed E-state index contributed by atoms with van der Waals surface area (Å²) in [4.78, 5) is 12.3. The van der Waals surface area contributed by atoms with E-state index in [0.717, 1.165) is 12.1 Å². The topological polar surface area (TPSA) is 84.3 Å². The van der Waals surface area contributed by atoms with Gasteiger partial charge in [-0.3, -0.25) is 4.79 Å². The van der Waals surface area contributed by atoms with Crippen LogP contribution in [0.1, 0.15) is 25.5 Å². The van der Waals surface area contributed by atoms with Crippen LogP contribution in [0.4, 0.5) is 10.1 Å². The number of nitrogens with one attached hydrogen (secondary N) is 1. The Morgan fingerprint density at radius 3 is 2.65 bits per heavy atom. The summed E-state index contributed by atoms with van der Waals surface area (Å²) in [6.45, 7) is 2.17. The zero-order chi connectivity index (χ0) is 18.7. The van der Waals surface area contributed by atoms with E-state index in [4.69, 9.17) is 0 Å². The third kappa shape index (κ3) is 3.94. The zero-order valence-corrected chi connectivity index (χ0v) is 15.3. The van der Waals surface area contributed by atoms with Gasteiger partial charge in [-0.2, -0.15) is 9.40 Å². The maximum atomic E-state index is 13.1. The fourth-order valence-electron chi connectivity index (χ4n) is 2.98. The molecular weight excluding hydrogens is 359 g/mol. The van der Waals surface area contributed by atoms with Crippen molar-refractivity contribution in [3.63, 3.8) is 0 Å². The number of hydrogen-bond acceptors (Lipinski definition) is 4. The van der Waals surface area contributed by atoms with Crippen molar-refractivity contribution >= 4 is 21.6 Å². The van der Waals surface area contributed by atoms with Crippen LogP contribution in [0.25, 0.3) is 5.69 Å². The van der Waals surface area contributed by atoms with Crippen LogP contribution in [0.5, 0.6) is 0 Å². The van der Waals surface area contributed by atoms with Gasteiger partial charge in [-0.25, -0.2) is 17.5 Å². The van der Waals surface area contributed by atoms with E-state index in [9.17, 15) is 17.6 Å². The van der Waals surface area contributed by atoms with Crippen LogP contribution in [0, 0.1) is 5.82 Å². The van der Waals surface area contributed by atoms with Crippen molar-refractivity contribution in [2.24, 2.45) is 0 Å². The number of nitrogens with zero attached hydrogens (tertiary/aromatic N) is 3. The molecule has 1 fully saturated rings. The van der Waals surface area contributed by atoms with Crippen molar-refractivity contribution in [1.29, 1.82) is 0 Å². The van der Waals surface area contributed by atoms with Crippen molar-refractivity contribution in [2.75, 3.05) is 24.2 Å². The van der Waals surface area contributed by atoms with E-state index >= 15 is 0 Å². The highest BCUT2D eigenvalue weighted by molar-refractivity contribution is 7.89. The largest absolute Gasteiger partial charge is 0.322 e. The van der Waals surface area contributed by atoms with Gasteiger partial charge in [0.15, 0.2) is 0 Å². The third-order valence-corrected chi connectivity index (χ3v) is 6.13. The quantitative estimate of drug-likeness (QED) is 0.830. The second-order valence-corrected chi connectivity index (χ2v) is 8.28. The summed E-state index contributed by atoms with van der Waals surface area (Å²) in [5, 5.41) is 7.05. The highest BCUT2D eigenvalue weighted by Crippen LogP contribution is 2.22. The maximum Gasteiger partial charge on any atom is 0.239 e. The van der Waals surface area contributed by atoms with Gasteiger partial charge in [0.2, 0.25) is 15.9 Å². The zero-order valence-electron chi connectivity index (χ0n) is 14.5. The number of halogens is 1. The van der Waals surface area contributed by atoms with Crippen molar-refractivity contribution in [1.82, 2.24) is 14.1 Å². The van der Waals surface area contributed by atoms with Gasteiger partial charge in [0.05, 0.1) is 35.6 Å². The number of benzene rings is 1. The van der Waals surface area contributed by atoms with Gasteiger partial charge < -0.3 is 5.32 Å². The van der Waals surface area contributed by atoms with Crippen LogP contribution in [0.15, 0.2) is 30.5 Å². The number of anilines is 1. The molecule has 1 aromatic carbocycles. The number of hydrogen-bond donors (Lipinski definition) is 1. The number of aromatic nitrogens is 2. The Morgan fingerprint density at radius 1 is 1.31 bits per heavy atom. The molecule has 1 aliphatic heterocycles. The summed E-state index contributed by atoms with van der Waals surface area (Å²) < 4.78 is 39.7. The Bertz CT molecular complexity index is 893. The Hall–Kier alpha value is -2.26. The fourth-order valence-corrected chi connectivity index (χ4v) is 4.45. The van der Waals surface area contributed by atoms with Crippen molar-refractivity contribution < 1.29 is 17.6 Å². The van der Waals surface area contributed by atoms with E-state index in [1.54, 1.807) is 16.8 Å². The SMILES string of the molecule is CCCc1c(NC(=O)CN2CCCS2(=O)=O)cnn1-c1ccc(F)cc1. The molecule has 0 radical (unpaired) electrons. The van der Waals surface area contributed by atoms with Crippen molar-refractivity contribution in [3.8, 4) is 5.69 Å². The van der Waals surface area contributed by atoms with Gasteiger partial charge in [0.25, 0.3) is 0 Å². The smallest absolute Gasteiger partial charge is 0.239 e. The Morgan fingerprint density at radius 2 is 2.04 bits per heavy atom. The molecule has 1 amide bonds. The standard InChI is InChI=1S/C17H21FN4O3S/c1-2-4-16-15(11-19-22(16)14-7-5-13(18)6-8-14)20-17(23)12-21-9-3-10-26(21,24)25/h5-8,11H,2-4,9-10,12H2,1H3,(H,20,23). The molecule has 2 aromatic rings. The summed E-state index contributed by atoms with van der Waals surface area (Å²) in [6, 6.07) is 5.93. The van der Waals surface area contributed by atoms with Crippen molar-refractivity contribution in [3.05, 3.63) is 42.0 Å². The first-order valence-corrected chi connectivity index (χ1v) is 10.1. The number of amides is 1. The fraction of sp³-hybridized carbons (Fsp3) is 0.412. The van der Waals surface area contributed by atoms with Crippen LogP contribution in [0.3, 0.4) is 0 Å². The molecule has 26 heavy (non-hydrogen) atoms. The number of rotatable bonds is 6. The highest BCUT2D eigenvalue weighted by Gasteiger charge is 2.30. The van der Waals surface area contributed by atoms with E-state index in [1.165, 1.54) is 22.6 Å². The lowest BCUT2D eigenvalue weighted by Crippen LogP contribution is -2.34. The predicted molar refractivity (Wildman–Crippen MR) is 96.1 cm³/mol. The molecule has 9 heteroatoms. The molecule has 1 aliphatic rings. The minimum atomic E-state index is -3.32. The number of carbonyl (C=O) groups is 1. The average Bonchev–Trinajstić information content (AvgIpc) is 3.12. The van der Waals surface area contributed by atoms with E-state index in [-0.39, 0.29) is 18.1 Å². The summed E-state index contributed by atoms with van der Waals surface area (Å²) >= 11 is 0. The third-order valence-electron chi connectivity index (χ3n) is 4.22. The molecule has 0 bridgehead atoms. The van der Waals surface area contributed by atoms with E-state index in [0.29, 0.717) is 30.8 Å². The van der Waals surface area contributed by atoms with Gasteiger partial charge in [0, 0.05) is 6.54 Å². The Balaban J connectivity index is 1.79. The lowest BCUT2D eigenvalue weighted by Gasteiger charge is -2.14. The molecular formula is C17H21FN4O3S. The summed E-state index contributed by atoms with van der Waals surface area (Å²) in [7, 11) is -3.32. The van der Waals surface area contributed by atoms with Gasteiger partial charge in [0.1, 0.15) is 5.82 Å². The predicted octanol–water partition coefficient (Wildman–Crippen LogP) is 1.94. The van der Waals surface area contributed by atoms with Crippen LogP contribution >= 0.6 is 0 Å². The Labute approximate surface area is 151 Å². The van der Waals surface area contributed by atoms with Crippen LogP contribution in [-0.4, -0.2) is 47.3 Å². The summed E-state index contributed by atoms with van der Waals surface area (Å²) in [5.74, 6) is -0.645. The molecule has 140 valence electrons. The van der Waals surface area contributed by atoms with Crippen LogP contribution < -0.4 is 5.32 Å². The molecule has 1 aromatic heterocycles. The van der Waals surface area contributed by atoms with Crippen LogP contribution in [0.2, 0.25) is 0 Å². The van der Waals surface area contributed by atoms with E-state index in [2.05, 4.69) is 10.4 Å². The molecule has 0 spiro atoms. The molecule has 7 nitrogen and oxygen atoms in total. The minimum absolute atomic E-state index is 0.0872. The number of sulfonamides is 1. The van der Waals surface area contributed by atoms with Gasteiger partial charge in [-0.05, 0) is 37.1 Å². The molecule has 2 heterocycles. The molecule has 1 saturated heterocycles. The lowest BCUT2D eigenvalue weighted by molar-refractivity contribution is -0.116. The molecule has 0 unspecified atom stereocenters. The second-order valence-electron chi connectivity index (χ2n) is 6.19. The maximum absolute atomic E-state index is 13.1. The molecule has 3 rings (SSSR count). The first kappa shape index (κ1) is 18.5. The minimum Gasteiger partial charge on any atom is -0.322 e. The highest BCUT2D eigenvalue weighted by atomic mass is 32.2. The normalized spacial score (nSPS) is 16.7. The second kappa shape index (κ2) is 7.55. The summed E-state index contributed by atoms with van der Waals surface area (Å²) in [5.41, 5.74) is 2.02. The van der Waals surface area contributed by atoms with E-state index in [1.807, 2.05) is 6.92 Å².